The van der Waals surface area contributed by atoms with Crippen molar-refractivity contribution in [1.29, 1.82) is 0 Å². The van der Waals surface area contributed by atoms with Crippen molar-refractivity contribution in [3.05, 3.63) is 70.2 Å². The van der Waals surface area contributed by atoms with Crippen molar-refractivity contribution >= 4 is 17.4 Å². The lowest BCUT2D eigenvalue weighted by Gasteiger charge is -2.03. The van der Waals surface area contributed by atoms with Gasteiger partial charge >= 0.3 is 0 Å². The van der Waals surface area contributed by atoms with Gasteiger partial charge in [-0.15, -0.1) is 0 Å². The van der Waals surface area contributed by atoms with Crippen molar-refractivity contribution in [2.45, 2.75) is 6.42 Å². The molecule has 0 unspecified atom stereocenters. The molecule has 0 saturated heterocycles. The lowest BCUT2D eigenvalue weighted by Crippen LogP contribution is -2.05. The molecule has 0 bridgehead atoms. The van der Waals surface area contributed by atoms with Gasteiger partial charge in [-0.1, -0.05) is 29.8 Å². The van der Waals surface area contributed by atoms with Crippen LogP contribution in [0.4, 0.5) is 8.78 Å². The summed E-state index contributed by atoms with van der Waals surface area (Å²) >= 11 is 5.59. The fourth-order valence-electron chi connectivity index (χ4n) is 1.59. The summed E-state index contributed by atoms with van der Waals surface area (Å²) in [5, 5.41) is -0.116. The van der Waals surface area contributed by atoms with E-state index in [1.165, 1.54) is 18.2 Å². The Kier molecular flexibility index (Phi) is 3.72. The number of carbonyl (C=O) groups is 1. The molecular weight excluding hydrogens is 258 g/mol. The first kappa shape index (κ1) is 12.7. The van der Waals surface area contributed by atoms with Gasteiger partial charge in [-0.2, -0.15) is 0 Å². The monoisotopic (exact) mass is 266 g/mol. The van der Waals surface area contributed by atoms with E-state index in [0.29, 0.717) is 5.56 Å². The van der Waals surface area contributed by atoms with E-state index in [2.05, 4.69) is 0 Å². The molecule has 2 aromatic carbocycles. The van der Waals surface area contributed by atoms with Crippen molar-refractivity contribution in [1.82, 2.24) is 0 Å². The van der Waals surface area contributed by atoms with Gasteiger partial charge in [0, 0.05) is 12.0 Å². The highest BCUT2D eigenvalue weighted by molar-refractivity contribution is 6.31. The highest BCUT2D eigenvalue weighted by Gasteiger charge is 2.11. The number of Topliss-reactive ketones (excluding diaryl/α,β-unsaturated/α-hetero) is 1. The van der Waals surface area contributed by atoms with Crippen LogP contribution in [0, 0.1) is 11.6 Å². The fraction of sp³-hybridized carbons (Fsp3) is 0.0714. The molecule has 0 atom stereocenters. The molecule has 92 valence electrons. The highest BCUT2D eigenvalue weighted by atomic mass is 35.5. The maximum absolute atomic E-state index is 13.4. The lowest BCUT2D eigenvalue weighted by atomic mass is 10.0. The summed E-state index contributed by atoms with van der Waals surface area (Å²) in [6.45, 7) is 0. The standard InChI is InChI=1S/C14H9ClF2O/c15-11-7-10(5-6-13(11)17)14(18)8-9-3-1-2-4-12(9)16/h1-7H,8H2. The van der Waals surface area contributed by atoms with Gasteiger partial charge in [-0.25, -0.2) is 8.78 Å². The second-order valence-electron chi connectivity index (χ2n) is 3.82. The van der Waals surface area contributed by atoms with Gasteiger partial charge in [0.2, 0.25) is 0 Å². The summed E-state index contributed by atoms with van der Waals surface area (Å²) in [6.07, 6.45) is -0.0748. The predicted molar refractivity (Wildman–Crippen MR) is 65.8 cm³/mol. The van der Waals surface area contributed by atoms with Gasteiger partial charge < -0.3 is 0 Å². The Morgan fingerprint density at radius 3 is 2.44 bits per heavy atom. The molecule has 0 aliphatic heterocycles. The van der Waals surface area contributed by atoms with Gasteiger partial charge in [-0.05, 0) is 29.8 Å². The summed E-state index contributed by atoms with van der Waals surface area (Å²) in [6, 6.07) is 9.75. The average Bonchev–Trinajstić information content (AvgIpc) is 2.35. The van der Waals surface area contributed by atoms with Crippen molar-refractivity contribution in [3.8, 4) is 0 Å². The molecule has 1 nitrogen and oxygen atoms in total. The Hall–Kier alpha value is -1.74. The van der Waals surface area contributed by atoms with E-state index < -0.39 is 11.6 Å². The topological polar surface area (TPSA) is 17.1 Å². The number of halogens is 3. The number of hydrogen-bond acceptors (Lipinski definition) is 1. The maximum atomic E-state index is 13.4. The quantitative estimate of drug-likeness (QED) is 0.766. The van der Waals surface area contributed by atoms with E-state index >= 15 is 0 Å². The Morgan fingerprint density at radius 2 is 1.78 bits per heavy atom. The van der Waals surface area contributed by atoms with Crippen LogP contribution in [0.25, 0.3) is 0 Å². The van der Waals surface area contributed by atoms with E-state index in [1.54, 1.807) is 18.2 Å². The van der Waals surface area contributed by atoms with Crippen molar-refractivity contribution in [2.24, 2.45) is 0 Å². The molecule has 0 saturated carbocycles. The lowest BCUT2D eigenvalue weighted by molar-refractivity contribution is 0.0992. The zero-order valence-corrected chi connectivity index (χ0v) is 10.0. The number of carbonyl (C=O) groups excluding carboxylic acids is 1. The molecule has 0 radical (unpaired) electrons. The minimum Gasteiger partial charge on any atom is -0.294 e. The first-order valence-corrected chi connectivity index (χ1v) is 5.67. The second-order valence-corrected chi connectivity index (χ2v) is 4.23. The van der Waals surface area contributed by atoms with Crippen LogP contribution in [0.5, 0.6) is 0 Å². The summed E-state index contributed by atoms with van der Waals surface area (Å²) in [7, 11) is 0. The van der Waals surface area contributed by atoms with Crippen LogP contribution in [0.1, 0.15) is 15.9 Å². The molecular formula is C14H9ClF2O. The van der Waals surface area contributed by atoms with Crippen molar-refractivity contribution in [3.63, 3.8) is 0 Å². The van der Waals surface area contributed by atoms with Crippen LogP contribution in [-0.2, 0) is 6.42 Å². The number of hydrogen-bond donors (Lipinski definition) is 0. The maximum Gasteiger partial charge on any atom is 0.167 e. The van der Waals surface area contributed by atoms with Gasteiger partial charge in [0.25, 0.3) is 0 Å². The molecule has 18 heavy (non-hydrogen) atoms. The van der Waals surface area contributed by atoms with E-state index in [4.69, 9.17) is 11.6 Å². The Balaban J connectivity index is 2.22. The van der Waals surface area contributed by atoms with E-state index in [-0.39, 0.29) is 22.8 Å². The molecule has 0 fully saturated rings. The predicted octanol–water partition coefficient (Wildman–Crippen LogP) is 4.04. The molecule has 2 rings (SSSR count). The first-order chi connectivity index (χ1) is 8.58. The normalized spacial score (nSPS) is 10.4. The Morgan fingerprint density at radius 1 is 1.06 bits per heavy atom. The zero-order chi connectivity index (χ0) is 13.1. The molecule has 0 aliphatic carbocycles. The molecule has 0 spiro atoms. The van der Waals surface area contributed by atoms with Crippen LogP contribution in [0.3, 0.4) is 0 Å². The molecule has 0 aliphatic rings. The molecule has 2 aromatic rings. The SMILES string of the molecule is O=C(Cc1ccccc1F)c1ccc(F)c(Cl)c1. The van der Waals surface area contributed by atoms with E-state index in [0.717, 1.165) is 6.07 Å². The van der Waals surface area contributed by atoms with Gasteiger partial charge in [0.15, 0.2) is 5.78 Å². The average molecular weight is 267 g/mol. The van der Waals surface area contributed by atoms with Crippen LogP contribution < -0.4 is 0 Å². The summed E-state index contributed by atoms with van der Waals surface area (Å²) in [5.41, 5.74) is 0.576. The number of benzene rings is 2. The third-order valence-corrected chi connectivity index (χ3v) is 2.84. The number of rotatable bonds is 3. The third kappa shape index (κ3) is 2.74. The van der Waals surface area contributed by atoms with Crippen LogP contribution in [0.2, 0.25) is 5.02 Å². The second kappa shape index (κ2) is 5.27. The molecule has 0 N–H and O–H groups in total. The van der Waals surface area contributed by atoms with Crippen LogP contribution >= 0.6 is 11.6 Å². The van der Waals surface area contributed by atoms with Gasteiger partial charge in [0.1, 0.15) is 11.6 Å². The van der Waals surface area contributed by atoms with Crippen LogP contribution in [0.15, 0.2) is 42.5 Å². The summed E-state index contributed by atoms with van der Waals surface area (Å²) in [4.78, 5) is 11.9. The highest BCUT2D eigenvalue weighted by Crippen LogP contribution is 2.18. The number of ketones is 1. The Labute approximate surface area is 108 Å². The smallest absolute Gasteiger partial charge is 0.167 e. The van der Waals surface area contributed by atoms with Gasteiger partial charge in [0.05, 0.1) is 5.02 Å². The largest absolute Gasteiger partial charge is 0.294 e. The summed E-state index contributed by atoms with van der Waals surface area (Å²) < 4.78 is 26.3. The first-order valence-electron chi connectivity index (χ1n) is 5.29. The molecule has 4 heteroatoms. The minimum absolute atomic E-state index is 0.0748. The molecule has 0 heterocycles. The van der Waals surface area contributed by atoms with Crippen molar-refractivity contribution in [2.75, 3.05) is 0 Å². The minimum atomic E-state index is -0.584. The van der Waals surface area contributed by atoms with Gasteiger partial charge in [-0.3, -0.25) is 4.79 Å². The molecule has 0 amide bonds. The Bertz CT molecular complexity index is 596. The van der Waals surface area contributed by atoms with Crippen molar-refractivity contribution < 1.29 is 13.6 Å². The molecule has 0 aromatic heterocycles. The van der Waals surface area contributed by atoms with Crippen LogP contribution in [-0.4, -0.2) is 5.78 Å². The summed E-state index contributed by atoms with van der Waals surface area (Å²) in [5.74, 6) is -1.32. The van der Waals surface area contributed by atoms with E-state index in [1.807, 2.05) is 0 Å². The van der Waals surface area contributed by atoms with E-state index in [9.17, 15) is 13.6 Å². The zero-order valence-electron chi connectivity index (χ0n) is 9.29. The fourth-order valence-corrected chi connectivity index (χ4v) is 1.77. The third-order valence-electron chi connectivity index (χ3n) is 2.55.